The van der Waals surface area contributed by atoms with Crippen LogP contribution in [0.5, 0.6) is 0 Å². The van der Waals surface area contributed by atoms with Gasteiger partial charge in [-0.2, -0.15) is 0 Å². The van der Waals surface area contributed by atoms with Gasteiger partial charge in [0.2, 0.25) is 0 Å². The molecule has 0 heterocycles. The van der Waals surface area contributed by atoms with Crippen molar-refractivity contribution in [3.63, 3.8) is 0 Å². The van der Waals surface area contributed by atoms with Gasteiger partial charge in [0.05, 0.1) is 9.95 Å². The van der Waals surface area contributed by atoms with Crippen molar-refractivity contribution in [2.75, 3.05) is 5.75 Å². The van der Waals surface area contributed by atoms with Crippen LogP contribution in [0.4, 0.5) is 5.69 Å². The summed E-state index contributed by atoms with van der Waals surface area (Å²) in [7, 11) is 0. The normalized spacial score (nSPS) is 10.3. The third kappa shape index (κ3) is 3.87. The number of halogens is 2. The Morgan fingerprint density at radius 1 is 1.41 bits per heavy atom. The molecular formula is C10H9Cl2NO3S. The molecule has 0 radical (unpaired) electrons. The molecule has 0 fully saturated rings. The van der Waals surface area contributed by atoms with Crippen molar-refractivity contribution < 1.29 is 9.72 Å². The van der Waals surface area contributed by atoms with Crippen molar-refractivity contribution in [1.29, 1.82) is 0 Å². The standard InChI is InChI=1S/C10H9Cl2NO3S/c1-2-17-10(14)4-6-3-8(12)9(13(15)16)5-7(6)11/h3,5H,2,4H2,1H3. The Labute approximate surface area is 112 Å². The zero-order valence-electron chi connectivity index (χ0n) is 8.91. The summed E-state index contributed by atoms with van der Waals surface area (Å²) in [5, 5.41) is 10.7. The number of nitro groups is 1. The monoisotopic (exact) mass is 293 g/mol. The molecule has 1 aromatic rings. The van der Waals surface area contributed by atoms with Gasteiger partial charge in [-0.25, -0.2) is 0 Å². The first-order valence-electron chi connectivity index (χ1n) is 4.73. The lowest BCUT2D eigenvalue weighted by Gasteiger charge is -2.04. The van der Waals surface area contributed by atoms with Crippen molar-refractivity contribution >= 4 is 45.8 Å². The van der Waals surface area contributed by atoms with Crippen molar-refractivity contribution in [2.45, 2.75) is 13.3 Å². The fraction of sp³-hybridized carbons (Fsp3) is 0.300. The molecule has 1 rings (SSSR count). The predicted molar refractivity (Wildman–Crippen MR) is 70.0 cm³/mol. The third-order valence-electron chi connectivity index (χ3n) is 1.95. The summed E-state index contributed by atoms with van der Waals surface area (Å²) in [6, 6.07) is 2.54. The van der Waals surface area contributed by atoms with Crippen LogP contribution in [0, 0.1) is 10.1 Å². The summed E-state index contributed by atoms with van der Waals surface area (Å²) in [5.74, 6) is 0.678. The molecule has 0 amide bonds. The van der Waals surface area contributed by atoms with Crippen molar-refractivity contribution in [1.82, 2.24) is 0 Å². The van der Waals surface area contributed by atoms with Crippen molar-refractivity contribution in [3.05, 3.63) is 37.9 Å². The van der Waals surface area contributed by atoms with E-state index in [1.165, 1.54) is 23.9 Å². The van der Waals surface area contributed by atoms with E-state index in [-0.39, 0.29) is 27.3 Å². The minimum absolute atomic E-state index is 0.0105. The van der Waals surface area contributed by atoms with Crippen LogP contribution < -0.4 is 0 Å². The smallest absolute Gasteiger partial charge is 0.287 e. The highest BCUT2D eigenvalue weighted by Gasteiger charge is 2.17. The van der Waals surface area contributed by atoms with E-state index in [1.54, 1.807) is 0 Å². The maximum Gasteiger partial charge on any atom is 0.289 e. The highest BCUT2D eigenvalue weighted by atomic mass is 35.5. The lowest BCUT2D eigenvalue weighted by atomic mass is 10.1. The van der Waals surface area contributed by atoms with Crippen molar-refractivity contribution in [2.24, 2.45) is 0 Å². The maximum absolute atomic E-state index is 11.4. The van der Waals surface area contributed by atoms with Crippen LogP contribution in [0.1, 0.15) is 12.5 Å². The number of thioether (sulfide) groups is 1. The number of carbonyl (C=O) groups excluding carboxylic acids is 1. The van der Waals surface area contributed by atoms with E-state index in [1.807, 2.05) is 6.92 Å². The van der Waals surface area contributed by atoms with E-state index in [9.17, 15) is 14.9 Å². The Balaban J connectivity index is 2.99. The van der Waals surface area contributed by atoms with Crippen LogP contribution in [0.2, 0.25) is 10.0 Å². The first-order valence-corrected chi connectivity index (χ1v) is 6.47. The van der Waals surface area contributed by atoms with Gasteiger partial charge < -0.3 is 0 Å². The van der Waals surface area contributed by atoms with Crippen LogP contribution >= 0.6 is 35.0 Å². The summed E-state index contributed by atoms with van der Waals surface area (Å²) in [6.45, 7) is 1.87. The van der Waals surface area contributed by atoms with Crippen LogP contribution in [0.3, 0.4) is 0 Å². The van der Waals surface area contributed by atoms with E-state index in [0.717, 1.165) is 0 Å². The number of carbonyl (C=O) groups is 1. The predicted octanol–water partition coefficient (Wildman–Crippen LogP) is 3.72. The number of hydrogen-bond acceptors (Lipinski definition) is 4. The zero-order chi connectivity index (χ0) is 13.0. The molecule has 0 spiro atoms. The van der Waals surface area contributed by atoms with Crippen LogP contribution in [-0.2, 0) is 11.2 Å². The highest BCUT2D eigenvalue weighted by molar-refractivity contribution is 8.13. The molecule has 17 heavy (non-hydrogen) atoms. The third-order valence-corrected chi connectivity index (χ3v) is 3.36. The molecule has 0 unspecified atom stereocenters. The summed E-state index contributed by atoms with van der Waals surface area (Å²) >= 11 is 12.8. The minimum atomic E-state index is -0.611. The SMILES string of the molecule is CCSC(=O)Cc1cc(Cl)c([N+](=O)[O-])cc1Cl. The number of hydrogen-bond donors (Lipinski definition) is 0. The fourth-order valence-corrected chi connectivity index (χ4v) is 2.28. The largest absolute Gasteiger partial charge is 0.289 e. The Kier molecular flexibility index (Phi) is 5.24. The Morgan fingerprint density at radius 3 is 2.59 bits per heavy atom. The topological polar surface area (TPSA) is 60.2 Å². The van der Waals surface area contributed by atoms with Crippen molar-refractivity contribution in [3.8, 4) is 0 Å². The molecule has 0 atom stereocenters. The number of nitro benzene ring substituents is 1. The summed E-state index contributed by atoms with van der Waals surface area (Å²) in [6.07, 6.45) is 0.120. The van der Waals surface area contributed by atoms with Gasteiger partial charge in [0.25, 0.3) is 5.69 Å². The van der Waals surface area contributed by atoms with E-state index < -0.39 is 4.92 Å². The van der Waals surface area contributed by atoms with Gasteiger partial charge in [-0.15, -0.1) is 0 Å². The molecule has 92 valence electrons. The number of benzene rings is 1. The van der Waals surface area contributed by atoms with E-state index in [0.29, 0.717) is 11.3 Å². The summed E-state index contributed by atoms with van der Waals surface area (Å²) < 4.78 is 0. The van der Waals surface area contributed by atoms with Crippen LogP contribution in [-0.4, -0.2) is 15.8 Å². The molecule has 0 saturated carbocycles. The summed E-state index contributed by atoms with van der Waals surface area (Å²) in [4.78, 5) is 21.4. The first kappa shape index (κ1) is 14.3. The van der Waals surface area contributed by atoms with Gasteiger partial charge in [0, 0.05) is 12.5 Å². The van der Waals surface area contributed by atoms with E-state index >= 15 is 0 Å². The Morgan fingerprint density at radius 2 is 2.06 bits per heavy atom. The molecule has 0 aliphatic rings. The molecule has 0 aromatic heterocycles. The maximum atomic E-state index is 11.4. The average molecular weight is 294 g/mol. The lowest BCUT2D eigenvalue weighted by Crippen LogP contribution is -2.00. The quantitative estimate of drug-likeness (QED) is 0.627. The average Bonchev–Trinajstić information content (AvgIpc) is 2.22. The molecule has 7 heteroatoms. The molecule has 0 N–H and O–H groups in total. The minimum Gasteiger partial charge on any atom is -0.287 e. The second-order valence-electron chi connectivity index (χ2n) is 3.13. The molecule has 1 aromatic carbocycles. The number of nitrogens with zero attached hydrogens (tertiary/aromatic N) is 1. The zero-order valence-corrected chi connectivity index (χ0v) is 11.2. The van der Waals surface area contributed by atoms with Gasteiger partial charge in [-0.3, -0.25) is 14.9 Å². The fourth-order valence-electron chi connectivity index (χ4n) is 1.22. The molecule has 4 nitrogen and oxygen atoms in total. The Hall–Kier alpha value is -0.780. The van der Waals surface area contributed by atoms with E-state index in [2.05, 4.69) is 0 Å². The summed E-state index contributed by atoms with van der Waals surface area (Å²) in [5.41, 5.74) is 0.254. The molecule has 0 bridgehead atoms. The molecule has 0 aliphatic carbocycles. The number of rotatable bonds is 4. The van der Waals surface area contributed by atoms with E-state index in [4.69, 9.17) is 23.2 Å². The molecule has 0 aliphatic heterocycles. The molecular weight excluding hydrogens is 285 g/mol. The molecule has 0 saturated heterocycles. The van der Waals surface area contributed by atoms with Gasteiger partial charge in [0.15, 0.2) is 5.12 Å². The first-order chi connectivity index (χ1) is 7.95. The highest BCUT2D eigenvalue weighted by Crippen LogP contribution is 2.31. The van der Waals surface area contributed by atoms with Gasteiger partial charge in [-0.05, 0) is 17.4 Å². The van der Waals surface area contributed by atoms with Crippen LogP contribution in [0.15, 0.2) is 12.1 Å². The van der Waals surface area contributed by atoms with Gasteiger partial charge in [-0.1, -0.05) is 41.9 Å². The van der Waals surface area contributed by atoms with Crippen LogP contribution in [0.25, 0.3) is 0 Å². The van der Waals surface area contributed by atoms with Gasteiger partial charge >= 0.3 is 0 Å². The second-order valence-corrected chi connectivity index (χ2v) is 5.27. The second kappa shape index (κ2) is 6.23. The lowest BCUT2D eigenvalue weighted by molar-refractivity contribution is -0.384. The van der Waals surface area contributed by atoms with Gasteiger partial charge in [0.1, 0.15) is 5.02 Å². The Bertz CT molecular complexity index is 465.